The smallest absolute Gasteiger partial charge is 0.0546 e. The first-order chi connectivity index (χ1) is 27.3. The first-order valence-electron chi connectivity index (χ1n) is 20.4. The minimum atomic E-state index is -0.104. The van der Waals surface area contributed by atoms with Crippen LogP contribution < -0.4 is 4.90 Å². The van der Waals surface area contributed by atoms with E-state index in [0.29, 0.717) is 0 Å². The van der Waals surface area contributed by atoms with Crippen LogP contribution in [0.25, 0.3) is 64.0 Å². The third-order valence-corrected chi connectivity index (χ3v) is 14.5. The summed E-state index contributed by atoms with van der Waals surface area (Å²) in [5.41, 5.74) is 13.0. The van der Waals surface area contributed by atoms with E-state index in [-0.39, 0.29) is 10.8 Å². The molecule has 1 heterocycles. The Kier molecular flexibility index (Phi) is 8.20. The van der Waals surface area contributed by atoms with Gasteiger partial charge in [-0.15, -0.1) is 11.3 Å². The molecule has 0 N–H and O–H groups in total. The van der Waals surface area contributed by atoms with E-state index in [1.807, 2.05) is 11.3 Å². The molecule has 2 heteroatoms. The molecule has 56 heavy (non-hydrogen) atoms. The van der Waals surface area contributed by atoms with E-state index >= 15 is 0 Å². The van der Waals surface area contributed by atoms with Gasteiger partial charge in [-0.05, 0) is 134 Å². The first-order valence-corrected chi connectivity index (χ1v) is 21.2. The van der Waals surface area contributed by atoms with E-state index in [2.05, 4.69) is 197 Å². The Balaban J connectivity index is 1.26. The average Bonchev–Trinajstić information content (AvgIpc) is 3.73. The fourth-order valence-corrected chi connectivity index (χ4v) is 11.2. The number of fused-ring (bicyclic) bond motifs is 8. The zero-order valence-corrected chi connectivity index (χ0v) is 33.8. The van der Waals surface area contributed by atoms with Crippen LogP contribution >= 0.6 is 11.3 Å². The van der Waals surface area contributed by atoms with Crippen LogP contribution in [0.2, 0.25) is 0 Å². The fraction of sp³-hybridized carbons (Fsp3) is 0.185. The molecule has 0 atom stereocenters. The van der Waals surface area contributed by atoms with Crippen molar-refractivity contribution in [2.24, 2.45) is 0 Å². The highest BCUT2D eigenvalue weighted by Gasteiger charge is 2.36. The van der Waals surface area contributed by atoms with Crippen LogP contribution in [0.4, 0.5) is 17.1 Å². The van der Waals surface area contributed by atoms with Gasteiger partial charge >= 0.3 is 0 Å². The summed E-state index contributed by atoms with van der Waals surface area (Å²) in [5.74, 6) is 0. The highest BCUT2D eigenvalue weighted by atomic mass is 32.1. The summed E-state index contributed by atoms with van der Waals surface area (Å²) in [4.78, 5) is 2.54. The second kappa shape index (κ2) is 13.2. The van der Waals surface area contributed by atoms with Gasteiger partial charge in [-0.2, -0.15) is 0 Å². The van der Waals surface area contributed by atoms with E-state index in [9.17, 15) is 0 Å². The third-order valence-electron chi connectivity index (χ3n) is 13.4. The topological polar surface area (TPSA) is 3.24 Å². The quantitative estimate of drug-likeness (QED) is 0.150. The summed E-state index contributed by atoms with van der Waals surface area (Å²) in [6.45, 7) is 11.8. The molecule has 1 nitrogen and oxygen atoms in total. The third kappa shape index (κ3) is 5.19. The van der Waals surface area contributed by atoms with Crippen molar-refractivity contribution in [3.8, 4) is 22.3 Å². The lowest BCUT2D eigenvalue weighted by Crippen LogP contribution is -2.23. The van der Waals surface area contributed by atoms with Gasteiger partial charge in [0.25, 0.3) is 0 Å². The molecule has 0 unspecified atom stereocenters. The van der Waals surface area contributed by atoms with Crippen LogP contribution in [-0.4, -0.2) is 0 Å². The number of benzene rings is 8. The van der Waals surface area contributed by atoms with Gasteiger partial charge in [0, 0.05) is 42.5 Å². The number of hydrogen-bond donors (Lipinski definition) is 0. The molecule has 0 radical (unpaired) electrons. The molecule has 10 rings (SSSR count). The molecule has 274 valence electrons. The number of nitrogens with zero attached hydrogens (tertiary/aromatic N) is 1. The normalized spacial score (nSPS) is 13.4. The summed E-state index contributed by atoms with van der Waals surface area (Å²) in [7, 11) is 0. The van der Waals surface area contributed by atoms with Crippen molar-refractivity contribution >= 4 is 70.1 Å². The molecule has 0 saturated carbocycles. The maximum absolute atomic E-state index is 2.54. The van der Waals surface area contributed by atoms with Gasteiger partial charge in [-0.25, -0.2) is 0 Å². The molecule has 0 aliphatic heterocycles. The fourth-order valence-electron chi connectivity index (χ4n) is 10.0. The second-order valence-electron chi connectivity index (χ2n) is 16.3. The molecule has 0 spiro atoms. The SMILES string of the molecule is CCC(CC)(CC)c1ccc(N(c2ccc3c(c2)-c2cc4ccccc4cc2C3(C)C)c2ccc3ccccc3c2-c2cccc3sc4ccccc4c23)cc1. The molecular formula is C54H47NS. The predicted octanol–water partition coefficient (Wildman–Crippen LogP) is 16.3. The van der Waals surface area contributed by atoms with E-state index < -0.39 is 0 Å². The van der Waals surface area contributed by atoms with Gasteiger partial charge in [0.15, 0.2) is 0 Å². The van der Waals surface area contributed by atoms with Gasteiger partial charge in [0.2, 0.25) is 0 Å². The maximum Gasteiger partial charge on any atom is 0.0546 e. The van der Waals surface area contributed by atoms with E-state index in [4.69, 9.17) is 0 Å². The Morgan fingerprint density at radius 1 is 0.500 bits per heavy atom. The lowest BCUT2D eigenvalue weighted by Gasteiger charge is -2.33. The molecule has 0 bridgehead atoms. The van der Waals surface area contributed by atoms with Gasteiger partial charge in [-0.3, -0.25) is 0 Å². The minimum Gasteiger partial charge on any atom is -0.310 e. The lowest BCUT2D eigenvalue weighted by molar-refractivity contribution is 0.382. The van der Waals surface area contributed by atoms with Crippen molar-refractivity contribution in [3.05, 3.63) is 174 Å². The standard InChI is InChI=1S/C54H47NS/c1-6-54(7-2,8-3)38-25-27-39(28-26-38)55(40-29-30-46-45(34-40)44-32-36-17-9-10-18-37(36)33-47(44)53(46,4)5)48-31-24-35-16-11-12-19-41(35)51(48)43-21-15-23-50-52(43)42-20-13-14-22-49(42)56-50/h9-34H,6-8H2,1-5H3. The Morgan fingerprint density at radius 2 is 1.12 bits per heavy atom. The monoisotopic (exact) mass is 741 g/mol. The number of rotatable bonds is 8. The summed E-state index contributed by atoms with van der Waals surface area (Å²) in [5, 5.41) is 7.73. The molecule has 9 aromatic rings. The van der Waals surface area contributed by atoms with Gasteiger partial charge < -0.3 is 4.90 Å². The Labute approximate surface area is 334 Å². The Hall–Kier alpha value is -5.70. The van der Waals surface area contributed by atoms with Crippen molar-refractivity contribution in [3.63, 3.8) is 0 Å². The van der Waals surface area contributed by atoms with Crippen molar-refractivity contribution in [2.45, 2.75) is 64.7 Å². The maximum atomic E-state index is 2.54. The first kappa shape index (κ1) is 34.8. The number of thiophene rings is 1. The van der Waals surface area contributed by atoms with Gasteiger partial charge in [0.05, 0.1) is 5.69 Å². The largest absolute Gasteiger partial charge is 0.310 e. The summed E-state index contributed by atoms with van der Waals surface area (Å²) < 4.78 is 2.64. The van der Waals surface area contributed by atoms with Crippen LogP contribution in [0.3, 0.4) is 0 Å². The summed E-state index contributed by atoms with van der Waals surface area (Å²) in [6, 6.07) is 59.8. The van der Waals surface area contributed by atoms with Crippen LogP contribution in [0, 0.1) is 0 Å². The number of anilines is 3. The average molecular weight is 742 g/mol. The molecule has 8 aromatic carbocycles. The van der Waals surface area contributed by atoms with Crippen LogP contribution in [0.5, 0.6) is 0 Å². The Morgan fingerprint density at radius 3 is 1.88 bits per heavy atom. The van der Waals surface area contributed by atoms with E-state index in [0.717, 1.165) is 19.3 Å². The van der Waals surface area contributed by atoms with Crippen molar-refractivity contribution in [1.82, 2.24) is 0 Å². The molecule has 0 amide bonds. The number of hydrogen-bond acceptors (Lipinski definition) is 2. The van der Waals surface area contributed by atoms with E-state index in [1.54, 1.807) is 0 Å². The second-order valence-corrected chi connectivity index (χ2v) is 17.4. The summed E-state index contributed by atoms with van der Waals surface area (Å²) in [6.07, 6.45) is 3.39. The lowest BCUT2D eigenvalue weighted by atomic mass is 9.74. The van der Waals surface area contributed by atoms with E-state index in [1.165, 1.54) is 97.7 Å². The van der Waals surface area contributed by atoms with Gasteiger partial charge in [0.1, 0.15) is 0 Å². The zero-order chi connectivity index (χ0) is 38.2. The minimum absolute atomic E-state index is 0.104. The molecule has 0 saturated heterocycles. The molecular weight excluding hydrogens is 695 g/mol. The highest BCUT2D eigenvalue weighted by molar-refractivity contribution is 7.25. The van der Waals surface area contributed by atoms with Crippen molar-refractivity contribution in [1.29, 1.82) is 0 Å². The molecule has 1 aromatic heterocycles. The summed E-state index contributed by atoms with van der Waals surface area (Å²) >= 11 is 1.89. The molecule has 0 fully saturated rings. The zero-order valence-electron chi connectivity index (χ0n) is 33.0. The van der Waals surface area contributed by atoms with Gasteiger partial charge in [-0.1, -0.05) is 138 Å². The van der Waals surface area contributed by atoms with Crippen molar-refractivity contribution < 1.29 is 0 Å². The van der Waals surface area contributed by atoms with Crippen LogP contribution in [0.15, 0.2) is 158 Å². The Bertz CT molecular complexity index is 2950. The van der Waals surface area contributed by atoms with Crippen LogP contribution in [0.1, 0.15) is 70.6 Å². The predicted molar refractivity (Wildman–Crippen MR) is 245 cm³/mol. The van der Waals surface area contributed by atoms with Crippen LogP contribution in [-0.2, 0) is 10.8 Å². The molecule has 1 aliphatic rings. The highest BCUT2D eigenvalue weighted by Crippen LogP contribution is 2.54. The van der Waals surface area contributed by atoms with Crippen molar-refractivity contribution in [2.75, 3.05) is 4.90 Å². The molecule has 1 aliphatic carbocycles.